The van der Waals surface area contributed by atoms with Crippen molar-refractivity contribution >= 4 is 10.1 Å². The van der Waals surface area contributed by atoms with Crippen molar-refractivity contribution in [2.45, 2.75) is 24.3 Å². The third-order valence-electron chi connectivity index (χ3n) is 2.38. The van der Waals surface area contributed by atoms with Crippen LogP contribution in [0.3, 0.4) is 0 Å². The molecule has 1 aromatic carbocycles. The summed E-state index contributed by atoms with van der Waals surface area (Å²) in [5.41, 5.74) is 6.16. The van der Waals surface area contributed by atoms with Crippen LogP contribution in [0.4, 0.5) is 0 Å². The van der Waals surface area contributed by atoms with Gasteiger partial charge in [-0.1, -0.05) is 17.7 Å². The fourth-order valence-electron chi connectivity index (χ4n) is 1.18. The lowest BCUT2D eigenvalue weighted by Crippen LogP contribution is -2.33. The monoisotopic (exact) mass is 259 g/mol. The lowest BCUT2D eigenvalue weighted by atomic mass is 10.2. The largest absolute Gasteiger partial charge is 0.377 e. The average Bonchev–Trinajstić information content (AvgIpc) is 2.16. The Morgan fingerprint density at radius 1 is 1.41 bits per heavy atom. The Labute approximate surface area is 101 Å². The predicted octanol–water partition coefficient (Wildman–Crippen LogP) is 0.976. The average molecular weight is 259 g/mol. The number of hydrogen-bond acceptors (Lipinski definition) is 4. The molecule has 0 bridgehead atoms. The first-order valence-electron chi connectivity index (χ1n) is 5.29. The Balaban J connectivity index is 0.000000202. The van der Waals surface area contributed by atoms with Gasteiger partial charge in [0.25, 0.3) is 10.1 Å². The molecule has 6 heteroatoms. The molecule has 1 aromatic rings. The lowest BCUT2D eigenvalue weighted by Gasteiger charge is -2.24. The maximum absolute atomic E-state index is 10.5. The summed E-state index contributed by atoms with van der Waals surface area (Å²) in [6.07, 6.45) is 1.56. The summed E-state index contributed by atoms with van der Waals surface area (Å²) in [7, 11) is -4.02. The molecule has 0 spiro atoms. The zero-order chi connectivity index (χ0) is 12.9. The molecule has 5 nitrogen and oxygen atoms in total. The molecule has 0 saturated carbocycles. The van der Waals surface area contributed by atoms with E-state index in [1.165, 1.54) is 12.1 Å². The Morgan fingerprint density at radius 2 is 1.94 bits per heavy atom. The van der Waals surface area contributed by atoms with Crippen LogP contribution in [0, 0.1) is 6.92 Å². The van der Waals surface area contributed by atoms with E-state index >= 15 is 0 Å². The second-order valence-corrected chi connectivity index (χ2v) is 5.23. The van der Waals surface area contributed by atoms with E-state index in [9.17, 15) is 8.42 Å². The Hall–Kier alpha value is -0.950. The van der Waals surface area contributed by atoms with Crippen LogP contribution in [-0.2, 0) is 14.9 Å². The van der Waals surface area contributed by atoms with Crippen LogP contribution < -0.4 is 5.73 Å². The van der Waals surface area contributed by atoms with Gasteiger partial charge in [0, 0.05) is 13.2 Å². The highest BCUT2D eigenvalue weighted by Gasteiger charge is 2.14. The lowest BCUT2D eigenvalue weighted by molar-refractivity contribution is -0.0435. The summed E-state index contributed by atoms with van der Waals surface area (Å²) in [6.45, 7) is 3.45. The summed E-state index contributed by atoms with van der Waals surface area (Å²) in [4.78, 5) is -0.0666. The fourth-order valence-corrected chi connectivity index (χ4v) is 1.66. The highest BCUT2D eigenvalue weighted by Crippen LogP contribution is 2.08. The molecule has 1 saturated heterocycles. The highest BCUT2D eigenvalue weighted by atomic mass is 32.2. The van der Waals surface area contributed by atoms with Crippen molar-refractivity contribution in [3.63, 3.8) is 0 Å². The van der Waals surface area contributed by atoms with Gasteiger partial charge < -0.3 is 10.5 Å². The number of benzene rings is 1. The van der Waals surface area contributed by atoms with Gasteiger partial charge in [-0.25, -0.2) is 0 Å². The second-order valence-electron chi connectivity index (χ2n) is 3.81. The van der Waals surface area contributed by atoms with E-state index in [1.54, 1.807) is 12.1 Å². The van der Waals surface area contributed by atoms with Crippen LogP contribution in [-0.4, -0.2) is 32.2 Å². The minimum absolute atomic E-state index is 0.0666. The molecule has 1 fully saturated rings. The van der Waals surface area contributed by atoms with Gasteiger partial charge in [-0.3, -0.25) is 4.55 Å². The normalized spacial score (nSPS) is 18.9. The first kappa shape index (κ1) is 14.1. The molecule has 96 valence electrons. The van der Waals surface area contributed by atoms with Crippen molar-refractivity contribution in [2.24, 2.45) is 5.73 Å². The van der Waals surface area contributed by atoms with Gasteiger partial charge in [0.05, 0.1) is 11.0 Å². The van der Waals surface area contributed by atoms with E-state index < -0.39 is 10.1 Å². The first-order chi connectivity index (χ1) is 7.93. The van der Waals surface area contributed by atoms with Gasteiger partial charge in [-0.2, -0.15) is 8.42 Å². The molecule has 0 aliphatic carbocycles. The molecule has 1 atom stereocenters. The van der Waals surface area contributed by atoms with Crippen LogP contribution >= 0.6 is 0 Å². The van der Waals surface area contributed by atoms with Gasteiger partial charge in [0.2, 0.25) is 0 Å². The smallest absolute Gasteiger partial charge is 0.294 e. The maximum atomic E-state index is 10.5. The molecule has 1 aliphatic rings. The summed E-state index contributed by atoms with van der Waals surface area (Å²) >= 11 is 0. The summed E-state index contributed by atoms with van der Waals surface area (Å²) in [5, 5.41) is 0. The quantitative estimate of drug-likeness (QED) is 0.773. The van der Waals surface area contributed by atoms with Crippen molar-refractivity contribution in [3.8, 4) is 0 Å². The van der Waals surface area contributed by atoms with Crippen molar-refractivity contribution in [2.75, 3.05) is 13.2 Å². The molecular formula is C11H17NO4S. The molecule has 0 aromatic heterocycles. The maximum Gasteiger partial charge on any atom is 0.294 e. The highest BCUT2D eigenvalue weighted by molar-refractivity contribution is 7.85. The molecule has 3 N–H and O–H groups in total. The topological polar surface area (TPSA) is 89.6 Å². The molecular weight excluding hydrogens is 242 g/mol. The van der Waals surface area contributed by atoms with E-state index in [0.29, 0.717) is 12.6 Å². The van der Waals surface area contributed by atoms with Gasteiger partial charge >= 0.3 is 0 Å². The standard InChI is InChI=1S/C7H8O3S.C4H9NO/c1-6-2-4-7(5-3-6)11(8,9)10;5-3-4-1-2-6-4/h2-5H,1H3,(H,8,9,10);4H,1-3,5H2. The minimum atomic E-state index is -4.02. The van der Waals surface area contributed by atoms with E-state index in [1.807, 2.05) is 6.92 Å². The molecule has 0 amide bonds. The van der Waals surface area contributed by atoms with Crippen LogP contribution in [0.2, 0.25) is 0 Å². The van der Waals surface area contributed by atoms with E-state index in [0.717, 1.165) is 18.6 Å². The third-order valence-corrected chi connectivity index (χ3v) is 3.24. The molecule has 1 unspecified atom stereocenters. The van der Waals surface area contributed by atoms with Crippen LogP contribution in [0.25, 0.3) is 0 Å². The zero-order valence-electron chi connectivity index (χ0n) is 9.67. The number of aryl methyl sites for hydroxylation is 1. The predicted molar refractivity (Wildman–Crippen MR) is 64.4 cm³/mol. The molecule has 2 rings (SSSR count). The summed E-state index contributed by atoms with van der Waals surface area (Å²) < 4.78 is 34.5. The van der Waals surface area contributed by atoms with Crippen molar-refractivity contribution in [1.29, 1.82) is 0 Å². The molecule has 0 radical (unpaired) electrons. The van der Waals surface area contributed by atoms with Crippen molar-refractivity contribution in [3.05, 3.63) is 29.8 Å². The van der Waals surface area contributed by atoms with Gasteiger partial charge in [-0.05, 0) is 25.5 Å². The van der Waals surface area contributed by atoms with Gasteiger partial charge in [0.15, 0.2) is 0 Å². The Bertz CT molecular complexity index is 434. The number of ether oxygens (including phenoxy) is 1. The minimum Gasteiger partial charge on any atom is -0.377 e. The number of nitrogens with two attached hydrogens (primary N) is 1. The molecule has 1 heterocycles. The van der Waals surface area contributed by atoms with Crippen LogP contribution in [0.15, 0.2) is 29.2 Å². The van der Waals surface area contributed by atoms with Crippen molar-refractivity contribution in [1.82, 2.24) is 0 Å². The third kappa shape index (κ3) is 4.82. The summed E-state index contributed by atoms with van der Waals surface area (Å²) in [6, 6.07) is 5.99. The van der Waals surface area contributed by atoms with E-state index in [2.05, 4.69) is 0 Å². The second kappa shape index (κ2) is 6.11. The van der Waals surface area contributed by atoms with Gasteiger partial charge in [-0.15, -0.1) is 0 Å². The van der Waals surface area contributed by atoms with E-state index in [4.69, 9.17) is 15.0 Å². The van der Waals surface area contributed by atoms with Crippen molar-refractivity contribution < 1.29 is 17.7 Å². The zero-order valence-corrected chi connectivity index (χ0v) is 10.5. The number of rotatable bonds is 2. The molecule has 17 heavy (non-hydrogen) atoms. The van der Waals surface area contributed by atoms with E-state index in [-0.39, 0.29) is 4.90 Å². The molecule has 1 aliphatic heterocycles. The SMILES string of the molecule is Cc1ccc(S(=O)(=O)O)cc1.NCC1CCO1. The Kier molecular flexibility index (Phi) is 5.07. The summed E-state index contributed by atoms with van der Waals surface area (Å²) in [5.74, 6) is 0. The fraction of sp³-hybridized carbons (Fsp3) is 0.455. The number of hydrogen-bond donors (Lipinski definition) is 2. The first-order valence-corrected chi connectivity index (χ1v) is 6.73. The van der Waals surface area contributed by atoms with Gasteiger partial charge in [0.1, 0.15) is 0 Å². The van der Waals surface area contributed by atoms with Crippen LogP contribution in [0.1, 0.15) is 12.0 Å². The Morgan fingerprint density at radius 3 is 2.18 bits per heavy atom. The van der Waals surface area contributed by atoms with Crippen LogP contribution in [0.5, 0.6) is 0 Å².